The van der Waals surface area contributed by atoms with Crippen molar-refractivity contribution in [3.05, 3.63) is 107 Å². The van der Waals surface area contributed by atoms with Crippen molar-refractivity contribution in [2.75, 3.05) is 46.3 Å². The van der Waals surface area contributed by atoms with Crippen LogP contribution >= 0.6 is 11.6 Å². The van der Waals surface area contributed by atoms with Crippen LogP contribution in [0.25, 0.3) is 0 Å². The first kappa shape index (κ1) is 25.8. The van der Waals surface area contributed by atoms with Crippen LogP contribution < -0.4 is 5.32 Å². The maximum atomic E-state index is 13.5. The van der Waals surface area contributed by atoms with Gasteiger partial charge < -0.3 is 15.1 Å². The molecule has 2 aliphatic heterocycles. The lowest BCUT2D eigenvalue weighted by Gasteiger charge is -2.44. The molecule has 0 spiro atoms. The van der Waals surface area contributed by atoms with Gasteiger partial charge in [-0.2, -0.15) is 0 Å². The van der Waals surface area contributed by atoms with Gasteiger partial charge in [-0.3, -0.25) is 4.90 Å². The molecule has 1 unspecified atom stereocenters. The third kappa shape index (κ3) is 6.35. The Morgan fingerprint density at radius 1 is 0.757 bits per heavy atom. The molecule has 0 radical (unpaired) electrons. The van der Waals surface area contributed by atoms with E-state index in [0.29, 0.717) is 12.0 Å². The van der Waals surface area contributed by atoms with Gasteiger partial charge in [0.15, 0.2) is 0 Å². The average Bonchev–Trinajstić information content (AvgIpc) is 2.95. The van der Waals surface area contributed by atoms with E-state index in [1.807, 2.05) is 53.4 Å². The second kappa shape index (κ2) is 12.1. The summed E-state index contributed by atoms with van der Waals surface area (Å²) >= 11 is 6.22. The molecule has 2 saturated heterocycles. The molecular weight excluding hydrogens is 480 g/mol. The van der Waals surface area contributed by atoms with Crippen LogP contribution in [0.4, 0.5) is 4.79 Å². The zero-order valence-corrected chi connectivity index (χ0v) is 22.4. The Kier molecular flexibility index (Phi) is 8.45. The van der Waals surface area contributed by atoms with Crippen molar-refractivity contribution < 1.29 is 4.79 Å². The first-order valence-corrected chi connectivity index (χ1v) is 13.8. The van der Waals surface area contributed by atoms with E-state index < -0.39 is 0 Å². The molecule has 194 valence electrons. The highest BCUT2D eigenvalue weighted by Gasteiger charge is 2.34. The van der Waals surface area contributed by atoms with Crippen molar-refractivity contribution in [2.24, 2.45) is 5.92 Å². The maximum Gasteiger partial charge on any atom is 0.318 e. The number of piperidine rings is 1. The SMILES string of the molecule is CN1CCC(C(c2ccc(Cl)cc2)N2CCN(C(=O)NC(c3ccccc3)c3ccccc3)CC2)CC1. The highest BCUT2D eigenvalue weighted by molar-refractivity contribution is 6.30. The summed E-state index contributed by atoms with van der Waals surface area (Å²) in [7, 11) is 2.21. The second-order valence-corrected chi connectivity index (χ2v) is 10.8. The summed E-state index contributed by atoms with van der Waals surface area (Å²) in [5.74, 6) is 0.610. The number of likely N-dealkylation sites (tertiary alicyclic amines) is 1. The van der Waals surface area contributed by atoms with Crippen LogP contribution in [-0.4, -0.2) is 67.0 Å². The summed E-state index contributed by atoms with van der Waals surface area (Å²) in [6.45, 7) is 5.45. The van der Waals surface area contributed by atoms with Gasteiger partial charge in [0.2, 0.25) is 0 Å². The number of urea groups is 1. The number of piperazine rings is 1. The lowest BCUT2D eigenvalue weighted by atomic mass is 9.84. The van der Waals surface area contributed by atoms with E-state index in [1.165, 1.54) is 18.4 Å². The van der Waals surface area contributed by atoms with Crippen molar-refractivity contribution in [2.45, 2.75) is 24.9 Å². The summed E-state index contributed by atoms with van der Waals surface area (Å²) in [4.78, 5) is 20.4. The maximum absolute atomic E-state index is 13.5. The average molecular weight is 517 g/mol. The third-order valence-electron chi connectivity index (χ3n) is 7.95. The predicted molar refractivity (Wildman–Crippen MR) is 151 cm³/mol. The molecule has 2 aliphatic rings. The molecule has 2 fully saturated rings. The van der Waals surface area contributed by atoms with Crippen molar-refractivity contribution in [1.82, 2.24) is 20.0 Å². The third-order valence-corrected chi connectivity index (χ3v) is 8.20. The number of halogens is 1. The molecular formula is C31H37ClN4O. The fraction of sp³-hybridized carbons (Fsp3) is 0.387. The molecule has 6 heteroatoms. The van der Waals surface area contributed by atoms with Crippen LogP contribution in [-0.2, 0) is 0 Å². The molecule has 0 aromatic heterocycles. The number of hydrogen-bond acceptors (Lipinski definition) is 3. The first-order chi connectivity index (χ1) is 18.1. The van der Waals surface area contributed by atoms with E-state index in [4.69, 9.17) is 11.6 Å². The summed E-state index contributed by atoms with van der Waals surface area (Å²) in [6.07, 6.45) is 2.39. The highest BCUT2D eigenvalue weighted by atomic mass is 35.5. The topological polar surface area (TPSA) is 38.8 Å². The summed E-state index contributed by atoms with van der Waals surface area (Å²) in [5.41, 5.74) is 3.52. The Balaban J connectivity index is 1.27. The number of amides is 2. The van der Waals surface area contributed by atoms with Crippen LogP contribution in [0.15, 0.2) is 84.9 Å². The van der Waals surface area contributed by atoms with Gasteiger partial charge in [0.25, 0.3) is 0 Å². The lowest BCUT2D eigenvalue weighted by molar-refractivity contribution is 0.0575. The van der Waals surface area contributed by atoms with E-state index in [9.17, 15) is 4.79 Å². The Labute approximate surface area is 226 Å². The van der Waals surface area contributed by atoms with E-state index in [0.717, 1.165) is 55.4 Å². The first-order valence-electron chi connectivity index (χ1n) is 13.4. The van der Waals surface area contributed by atoms with Crippen LogP contribution in [0.2, 0.25) is 5.02 Å². The van der Waals surface area contributed by atoms with Crippen LogP contribution in [0.3, 0.4) is 0 Å². The monoisotopic (exact) mass is 516 g/mol. The quantitative estimate of drug-likeness (QED) is 0.447. The predicted octanol–water partition coefficient (Wildman–Crippen LogP) is 5.84. The highest BCUT2D eigenvalue weighted by Crippen LogP contribution is 2.36. The molecule has 5 nitrogen and oxygen atoms in total. The number of hydrogen-bond donors (Lipinski definition) is 1. The van der Waals surface area contributed by atoms with Gasteiger partial charge in [0.1, 0.15) is 0 Å². The Hall–Kier alpha value is -2.86. The lowest BCUT2D eigenvalue weighted by Crippen LogP contribution is -2.54. The molecule has 1 N–H and O–H groups in total. The Morgan fingerprint density at radius 3 is 1.84 bits per heavy atom. The minimum Gasteiger partial charge on any atom is -0.327 e. The molecule has 3 aromatic carbocycles. The molecule has 1 atom stereocenters. The molecule has 2 amide bonds. The van der Waals surface area contributed by atoms with Crippen molar-refractivity contribution in [3.8, 4) is 0 Å². The van der Waals surface area contributed by atoms with Gasteiger partial charge >= 0.3 is 6.03 Å². The summed E-state index contributed by atoms with van der Waals surface area (Å²) in [6, 6.07) is 29.0. The second-order valence-electron chi connectivity index (χ2n) is 10.4. The van der Waals surface area contributed by atoms with Crippen molar-refractivity contribution >= 4 is 17.6 Å². The normalized spacial score (nSPS) is 18.6. The number of carbonyl (C=O) groups excluding carboxylic acids is 1. The number of benzene rings is 3. The van der Waals surface area contributed by atoms with Crippen LogP contribution in [0.5, 0.6) is 0 Å². The van der Waals surface area contributed by atoms with Crippen LogP contribution in [0.1, 0.15) is 41.6 Å². The zero-order valence-electron chi connectivity index (χ0n) is 21.6. The summed E-state index contributed by atoms with van der Waals surface area (Å²) < 4.78 is 0. The smallest absolute Gasteiger partial charge is 0.318 e. The number of carbonyl (C=O) groups is 1. The molecule has 3 aromatic rings. The number of nitrogens with one attached hydrogen (secondary N) is 1. The van der Waals surface area contributed by atoms with Gasteiger partial charge in [-0.25, -0.2) is 4.79 Å². The Bertz CT molecular complexity index is 1090. The molecule has 37 heavy (non-hydrogen) atoms. The van der Waals surface area contributed by atoms with Gasteiger partial charge in [-0.1, -0.05) is 84.4 Å². The molecule has 0 saturated carbocycles. The van der Waals surface area contributed by atoms with E-state index in [-0.39, 0.29) is 12.1 Å². The van der Waals surface area contributed by atoms with Crippen LogP contribution in [0, 0.1) is 5.92 Å². The molecule has 5 rings (SSSR count). The molecule has 0 aliphatic carbocycles. The van der Waals surface area contributed by atoms with Crippen molar-refractivity contribution in [3.63, 3.8) is 0 Å². The van der Waals surface area contributed by atoms with Crippen molar-refractivity contribution in [1.29, 1.82) is 0 Å². The van der Waals surface area contributed by atoms with Gasteiger partial charge in [0.05, 0.1) is 6.04 Å². The molecule has 0 bridgehead atoms. The standard InChI is InChI=1S/C31H37ClN4O/c1-34-18-16-27(17-19-34)30(26-12-14-28(32)15-13-26)35-20-22-36(23-21-35)31(37)33-29(24-8-4-2-5-9-24)25-10-6-3-7-11-25/h2-15,27,29-30H,16-23H2,1H3,(H,33,37). The summed E-state index contributed by atoms with van der Waals surface area (Å²) in [5, 5.41) is 4.09. The number of rotatable bonds is 6. The van der Waals surface area contributed by atoms with E-state index >= 15 is 0 Å². The minimum absolute atomic E-state index is 0.000287. The number of nitrogens with zero attached hydrogens (tertiary/aromatic N) is 3. The van der Waals surface area contributed by atoms with E-state index in [2.05, 4.69) is 58.6 Å². The van der Waals surface area contributed by atoms with Gasteiger partial charge in [0, 0.05) is 37.2 Å². The Morgan fingerprint density at radius 2 is 1.30 bits per heavy atom. The van der Waals surface area contributed by atoms with Gasteiger partial charge in [-0.05, 0) is 67.7 Å². The van der Waals surface area contributed by atoms with E-state index in [1.54, 1.807) is 0 Å². The largest absolute Gasteiger partial charge is 0.327 e. The zero-order chi connectivity index (χ0) is 25.6. The fourth-order valence-electron chi connectivity index (χ4n) is 5.85. The minimum atomic E-state index is -0.172. The fourth-order valence-corrected chi connectivity index (χ4v) is 5.98. The van der Waals surface area contributed by atoms with Gasteiger partial charge in [-0.15, -0.1) is 0 Å². The molecule has 2 heterocycles.